The van der Waals surface area contributed by atoms with Crippen LogP contribution in [0.25, 0.3) is 0 Å². The van der Waals surface area contributed by atoms with Crippen LogP contribution in [0.15, 0.2) is 27.7 Å². The minimum absolute atomic E-state index is 0.285. The van der Waals surface area contributed by atoms with E-state index in [0.717, 1.165) is 47.3 Å². The molecule has 0 spiro atoms. The van der Waals surface area contributed by atoms with Crippen LogP contribution in [0.3, 0.4) is 0 Å². The lowest BCUT2D eigenvalue weighted by atomic mass is 10.2. The van der Waals surface area contributed by atoms with E-state index in [2.05, 4.69) is 30.5 Å². The summed E-state index contributed by atoms with van der Waals surface area (Å²) in [5.41, 5.74) is 2.34. The average Bonchev–Trinajstić information content (AvgIpc) is 3.25. The number of H-pyrrole nitrogens is 2. The second-order valence-corrected chi connectivity index (χ2v) is 7.36. The number of thioether (sulfide) groups is 1. The summed E-state index contributed by atoms with van der Waals surface area (Å²) in [6.45, 7) is 4.62. The second-order valence-electron chi connectivity index (χ2n) is 6.26. The van der Waals surface area contributed by atoms with Gasteiger partial charge in [-0.25, -0.2) is 10.1 Å². The molecule has 144 valence electrons. The molecule has 8 nitrogen and oxygen atoms in total. The van der Waals surface area contributed by atoms with Gasteiger partial charge in [-0.05, 0) is 38.8 Å². The highest BCUT2D eigenvalue weighted by Gasteiger charge is 2.07. The molecule has 0 aliphatic rings. The van der Waals surface area contributed by atoms with Crippen molar-refractivity contribution < 1.29 is 4.42 Å². The van der Waals surface area contributed by atoms with Crippen LogP contribution in [-0.2, 0) is 18.6 Å². The van der Waals surface area contributed by atoms with Crippen LogP contribution in [0.1, 0.15) is 35.0 Å². The summed E-state index contributed by atoms with van der Waals surface area (Å²) in [5.74, 6) is 3.96. The Morgan fingerprint density at radius 2 is 2.11 bits per heavy atom. The molecule has 0 aliphatic heterocycles. The summed E-state index contributed by atoms with van der Waals surface area (Å²) < 4.78 is 5.53. The Morgan fingerprint density at radius 1 is 1.22 bits per heavy atom. The topological polar surface area (TPSA) is 112 Å². The summed E-state index contributed by atoms with van der Waals surface area (Å²) >= 11 is 1.77. The molecule has 0 saturated heterocycles. The number of aromatic nitrogens is 5. The number of furan rings is 1. The number of aryl methyl sites for hydroxylation is 4. The van der Waals surface area contributed by atoms with Gasteiger partial charge in [0.15, 0.2) is 0 Å². The Bertz CT molecular complexity index is 916. The molecule has 27 heavy (non-hydrogen) atoms. The van der Waals surface area contributed by atoms with Gasteiger partial charge in [0.25, 0.3) is 5.56 Å². The monoisotopic (exact) mass is 388 g/mol. The summed E-state index contributed by atoms with van der Waals surface area (Å²) in [6, 6.07) is 3.90. The van der Waals surface area contributed by atoms with Crippen LogP contribution in [0, 0.1) is 13.8 Å². The normalized spacial score (nSPS) is 11.0. The quantitative estimate of drug-likeness (QED) is 0.458. The molecule has 3 N–H and O–H groups in total. The number of hydrogen-bond acceptors (Lipinski definition) is 7. The molecular weight excluding hydrogens is 364 g/mol. The fourth-order valence-corrected chi connectivity index (χ4v) is 3.47. The number of nitrogens with zero attached hydrogens (tertiary/aromatic N) is 3. The number of anilines is 1. The van der Waals surface area contributed by atoms with E-state index in [1.165, 1.54) is 0 Å². The third-order valence-electron chi connectivity index (χ3n) is 4.10. The molecule has 0 unspecified atom stereocenters. The molecule has 0 bridgehead atoms. The molecule has 0 radical (unpaired) electrons. The highest BCUT2D eigenvalue weighted by Crippen LogP contribution is 2.12. The summed E-state index contributed by atoms with van der Waals surface area (Å²) in [5, 5.41) is 10.1. The van der Waals surface area contributed by atoms with E-state index in [-0.39, 0.29) is 5.56 Å². The van der Waals surface area contributed by atoms with Gasteiger partial charge in [-0.3, -0.25) is 4.79 Å². The van der Waals surface area contributed by atoms with E-state index >= 15 is 0 Å². The SMILES string of the molecule is Cc1ccc(CCCc2n[nH]c(NCCSCc3nc[nH]c3C)nc2=O)o1. The predicted molar refractivity (Wildman–Crippen MR) is 106 cm³/mol. The van der Waals surface area contributed by atoms with Crippen molar-refractivity contribution in [3.8, 4) is 0 Å². The van der Waals surface area contributed by atoms with Crippen molar-refractivity contribution in [1.82, 2.24) is 25.1 Å². The van der Waals surface area contributed by atoms with Crippen LogP contribution >= 0.6 is 11.8 Å². The van der Waals surface area contributed by atoms with Gasteiger partial charge in [0.1, 0.15) is 17.2 Å². The summed E-state index contributed by atoms with van der Waals surface area (Å²) in [4.78, 5) is 23.5. The van der Waals surface area contributed by atoms with Crippen molar-refractivity contribution in [2.45, 2.75) is 38.9 Å². The van der Waals surface area contributed by atoms with Gasteiger partial charge in [-0.15, -0.1) is 0 Å². The number of aromatic amines is 2. The number of rotatable bonds is 10. The Kier molecular flexibility index (Phi) is 6.69. The summed E-state index contributed by atoms with van der Waals surface area (Å²) in [6.07, 6.45) is 3.85. The lowest BCUT2D eigenvalue weighted by Gasteiger charge is -2.05. The molecule has 0 aliphatic carbocycles. The van der Waals surface area contributed by atoms with Gasteiger partial charge >= 0.3 is 0 Å². The summed E-state index contributed by atoms with van der Waals surface area (Å²) in [7, 11) is 0. The fraction of sp³-hybridized carbons (Fsp3) is 0.444. The molecule has 0 atom stereocenters. The van der Waals surface area contributed by atoms with E-state index in [1.54, 1.807) is 18.1 Å². The van der Waals surface area contributed by atoms with Gasteiger partial charge in [0, 0.05) is 30.2 Å². The van der Waals surface area contributed by atoms with Crippen molar-refractivity contribution in [3.63, 3.8) is 0 Å². The van der Waals surface area contributed by atoms with E-state index in [1.807, 2.05) is 26.0 Å². The van der Waals surface area contributed by atoms with Gasteiger partial charge in [-0.2, -0.15) is 21.8 Å². The van der Waals surface area contributed by atoms with E-state index in [9.17, 15) is 4.79 Å². The molecule has 3 aromatic rings. The van der Waals surface area contributed by atoms with E-state index < -0.39 is 0 Å². The van der Waals surface area contributed by atoms with Crippen LogP contribution in [-0.4, -0.2) is 37.4 Å². The lowest BCUT2D eigenvalue weighted by molar-refractivity contribution is 0.476. The molecule has 0 amide bonds. The van der Waals surface area contributed by atoms with Crippen molar-refractivity contribution in [1.29, 1.82) is 0 Å². The first-order valence-electron chi connectivity index (χ1n) is 8.93. The zero-order valence-corrected chi connectivity index (χ0v) is 16.4. The van der Waals surface area contributed by atoms with Crippen LogP contribution in [0.2, 0.25) is 0 Å². The molecule has 3 rings (SSSR count). The minimum atomic E-state index is -0.285. The number of hydrogen-bond donors (Lipinski definition) is 3. The molecule has 3 aromatic heterocycles. The maximum atomic E-state index is 12.1. The molecule has 0 aromatic carbocycles. The standard InChI is InChI=1S/C18H24N6O2S/c1-12-6-7-14(26-12)4-3-5-15-17(25)22-18(24-23-15)19-8-9-27-10-16-13(2)20-11-21-16/h6-7,11H,3-5,8-10H2,1-2H3,(H,20,21)(H2,19,22,24,25). The number of nitrogens with one attached hydrogen (secondary N) is 3. The van der Waals surface area contributed by atoms with Crippen molar-refractivity contribution in [2.24, 2.45) is 0 Å². The Morgan fingerprint density at radius 3 is 2.81 bits per heavy atom. The largest absolute Gasteiger partial charge is 0.466 e. The first-order valence-corrected chi connectivity index (χ1v) is 10.1. The average molecular weight is 388 g/mol. The van der Waals surface area contributed by atoms with Gasteiger partial charge < -0.3 is 14.7 Å². The Hall–Kier alpha value is -2.55. The van der Waals surface area contributed by atoms with Gasteiger partial charge in [0.05, 0.1) is 12.0 Å². The lowest BCUT2D eigenvalue weighted by Crippen LogP contribution is -2.20. The molecule has 9 heteroatoms. The van der Waals surface area contributed by atoms with Crippen molar-refractivity contribution >= 4 is 17.7 Å². The number of imidazole rings is 1. The van der Waals surface area contributed by atoms with E-state index in [0.29, 0.717) is 24.6 Å². The molecule has 3 heterocycles. The Balaban J connectivity index is 1.38. The smallest absolute Gasteiger partial charge is 0.296 e. The highest BCUT2D eigenvalue weighted by atomic mass is 32.2. The predicted octanol–water partition coefficient (Wildman–Crippen LogP) is 2.62. The van der Waals surface area contributed by atoms with E-state index in [4.69, 9.17) is 4.42 Å². The maximum Gasteiger partial charge on any atom is 0.296 e. The van der Waals surface area contributed by atoms with Gasteiger partial charge in [-0.1, -0.05) is 0 Å². The minimum Gasteiger partial charge on any atom is -0.466 e. The zero-order valence-electron chi connectivity index (χ0n) is 15.5. The van der Waals surface area contributed by atoms with Crippen LogP contribution < -0.4 is 10.9 Å². The zero-order chi connectivity index (χ0) is 19.1. The third kappa shape index (κ3) is 5.72. The molecule has 0 saturated carbocycles. The first-order chi connectivity index (χ1) is 13.1. The molecular formula is C18H24N6O2S. The van der Waals surface area contributed by atoms with Gasteiger partial charge in [0.2, 0.25) is 5.95 Å². The Labute approximate surface area is 161 Å². The van der Waals surface area contributed by atoms with Crippen LogP contribution in [0.5, 0.6) is 0 Å². The van der Waals surface area contributed by atoms with Crippen molar-refractivity contribution in [3.05, 3.63) is 57.4 Å². The maximum absolute atomic E-state index is 12.1. The molecule has 0 fully saturated rings. The van der Waals surface area contributed by atoms with Crippen molar-refractivity contribution in [2.75, 3.05) is 17.6 Å². The highest BCUT2D eigenvalue weighted by molar-refractivity contribution is 7.98. The van der Waals surface area contributed by atoms with Crippen LogP contribution in [0.4, 0.5) is 5.95 Å². The first kappa shape index (κ1) is 19.2. The fourth-order valence-electron chi connectivity index (χ4n) is 2.59. The third-order valence-corrected chi connectivity index (χ3v) is 5.07. The second kappa shape index (κ2) is 9.40.